The molecule has 4 heterocycles. The third kappa shape index (κ3) is 4.74. The number of halogens is 1. The summed E-state index contributed by atoms with van der Waals surface area (Å²) in [6, 6.07) is 11.2. The summed E-state index contributed by atoms with van der Waals surface area (Å²) in [5, 5.41) is 20.9. The molecule has 3 aromatic heterocycles. The first-order chi connectivity index (χ1) is 16.2. The van der Waals surface area contributed by atoms with Crippen LogP contribution in [-0.4, -0.2) is 43.9 Å². The SMILES string of the molecule is CN(c1ccc(-c2ccc(-c3cnn(PI)c3)c3ccsc23)nn1)C1CC(C)(C)NC(C)(C)C1. The molecule has 6 nitrogen and oxygen atoms in total. The van der Waals surface area contributed by atoms with Crippen LogP contribution in [0.1, 0.15) is 40.5 Å². The molecule has 1 saturated heterocycles. The molecule has 5 rings (SSSR count). The first kappa shape index (κ1) is 24.1. The molecule has 9 heteroatoms. The number of benzene rings is 1. The molecule has 1 aliphatic heterocycles. The monoisotopic (exact) mass is 604 g/mol. The van der Waals surface area contributed by atoms with Crippen LogP contribution in [0.3, 0.4) is 0 Å². The van der Waals surface area contributed by atoms with E-state index >= 15 is 0 Å². The lowest BCUT2D eigenvalue weighted by atomic mass is 9.79. The average Bonchev–Trinajstić information content (AvgIpc) is 3.46. The van der Waals surface area contributed by atoms with Crippen molar-refractivity contribution in [3.8, 4) is 22.4 Å². The minimum Gasteiger partial charge on any atom is -0.355 e. The smallest absolute Gasteiger partial charge is 0.151 e. The predicted octanol–water partition coefficient (Wildman–Crippen LogP) is 6.76. The molecule has 1 atom stereocenters. The maximum atomic E-state index is 4.67. The highest BCUT2D eigenvalue weighted by molar-refractivity contribution is 14.2. The number of nitrogens with one attached hydrogen (secondary N) is 1. The normalized spacial score (nSPS) is 18.2. The Bertz CT molecular complexity index is 1300. The number of thiophene rings is 1. The van der Waals surface area contributed by atoms with Crippen LogP contribution in [0.25, 0.3) is 32.5 Å². The summed E-state index contributed by atoms with van der Waals surface area (Å²) < 4.78 is 3.22. The number of rotatable bonds is 5. The molecule has 0 spiro atoms. The average molecular weight is 605 g/mol. The van der Waals surface area contributed by atoms with Gasteiger partial charge in [0, 0.05) is 51.6 Å². The molecule has 1 unspecified atom stereocenters. The van der Waals surface area contributed by atoms with Crippen LogP contribution in [0.15, 0.2) is 48.1 Å². The maximum Gasteiger partial charge on any atom is 0.151 e. The van der Waals surface area contributed by atoms with Gasteiger partial charge in [-0.25, -0.2) is 4.45 Å². The van der Waals surface area contributed by atoms with Crippen LogP contribution in [0.2, 0.25) is 0 Å². The highest BCUT2D eigenvalue weighted by atomic mass is 127. The van der Waals surface area contributed by atoms with Crippen molar-refractivity contribution in [3.63, 3.8) is 0 Å². The summed E-state index contributed by atoms with van der Waals surface area (Å²) in [5.74, 6) is 0.924. The first-order valence-electron chi connectivity index (χ1n) is 11.4. The van der Waals surface area contributed by atoms with Gasteiger partial charge in [-0.1, -0.05) is 12.1 Å². The van der Waals surface area contributed by atoms with E-state index in [0.717, 1.165) is 35.5 Å². The first-order valence-corrected chi connectivity index (χ1v) is 16.4. The number of aromatic nitrogens is 4. The molecule has 1 aliphatic rings. The number of hydrogen-bond donors (Lipinski definition) is 1. The van der Waals surface area contributed by atoms with Crippen LogP contribution in [0.4, 0.5) is 5.82 Å². The molecule has 34 heavy (non-hydrogen) atoms. The lowest BCUT2D eigenvalue weighted by Crippen LogP contribution is -2.62. The highest BCUT2D eigenvalue weighted by Gasteiger charge is 2.39. The van der Waals surface area contributed by atoms with Gasteiger partial charge >= 0.3 is 0 Å². The minimum absolute atomic E-state index is 0.0915. The number of hydrogen-bond acceptors (Lipinski definition) is 6. The lowest BCUT2D eigenvalue weighted by molar-refractivity contribution is 0.160. The zero-order valence-electron chi connectivity index (χ0n) is 20.1. The number of anilines is 1. The Kier molecular flexibility index (Phi) is 6.46. The van der Waals surface area contributed by atoms with E-state index in [1.807, 2.05) is 10.6 Å². The van der Waals surface area contributed by atoms with Crippen LogP contribution < -0.4 is 10.2 Å². The van der Waals surface area contributed by atoms with Gasteiger partial charge in [0.15, 0.2) is 5.82 Å². The zero-order chi connectivity index (χ0) is 24.1. The summed E-state index contributed by atoms with van der Waals surface area (Å²) in [6.45, 7) is 9.14. The van der Waals surface area contributed by atoms with Crippen molar-refractivity contribution < 1.29 is 0 Å². The summed E-state index contributed by atoms with van der Waals surface area (Å²) in [5.41, 5.74) is 4.58. The second-order valence-corrected chi connectivity index (χ2v) is 13.4. The lowest BCUT2D eigenvalue weighted by Gasteiger charge is -2.49. The molecule has 1 fully saturated rings. The van der Waals surface area contributed by atoms with Crippen LogP contribution in [-0.2, 0) is 0 Å². The van der Waals surface area contributed by atoms with Crippen molar-refractivity contribution in [1.29, 1.82) is 0 Å². The topological polar surface area (TPSA) is 58.9 Å². The van der Waals surface area contributed by atoms with Crippen molar-refractivity contribution in [1.82, 2.24) is 25.1 Å². The summed E-state index contributed by atoms with van der Waals surface area (Å²) >= 11 is 4.10. The highest BCUT2D eigenvalue weighted by Crippen LogP contribution is 2.39. The van der Waals surface area contributed by atoms with Crippen molar-refractivity contribution in [2.45, 2.75) is 57.7 Å². The van der Waals surface area contributed by atoms with Crippen LogP contribution in [0.5, 0.6) is 0 Å². The van der Waals surface area contributed by atoms with E-state index < -0.39 is 0 Å². The van der Waals surface area contributed by atoms with E-state index in [1.54, 1.807) is 11.3 Å². The molecule has 1 aromatic carbocycles. The second kappa shape index (κ2) is 9.12. The standard InChI is InChI=1S/C25H30IN6PS/c1-24(2)12-17(13-25(3,4)30-24)31(5)22-9-8-21(28-29-22)20-7-6-18(19-10-11-34-23(19)20)16-14-27-32(15-16)33-26/h6-11,14-15,17,30,33H,12-13H2,1-5H3. The fraction of sp³-hybridized carbons (Fsp3) is 0.400. The predicted molar refractivity (Wildman–Crippen MR) is 155 cm³/mol. The Morgan fingerprint density at radius 2 is 1.79 bits per heavy atom. The second-order valence-electron chi connectivity index (χ2n) is 10.4. The quantitative estimate of drug-likeness (QED) is 0.202. The largest absolute Gasteiger partial charge is 0.355 e. The van der Waals surface area contributed by atoms with Gasteiger partial charge in [0.2, 0.25) is 0 Å². The van der Waals surface area contributed by atoms with Crippen molar-refractivity contribution in [2.75, 3.05) is 11.9 Å². The van der Waals surface area contributed by atoms with Gasteiger partial charge in [-0.2, -0.15) is 5.10 Å². The molecule has 4 aromatic rings. The molecular weight excluding hydrogens is 574 g/mol. The number of nitrogens with zero attached hydrogens (tertiary/aromatic N) is 5. The third-order valence-electron chi connectivity index (χ3n) is 6.60. The molecule has 1 N–H and O–H groups in total. The van der Waals surface area contributed by atoms with Gasteiger partial charge in [0.1, 0.15) is 0 Å². The maximum absolute atomic E-state index is 4.67. The molecule has 178 valence electrons. The molecule has 0 aliphatic carbocycles. The Hall–Kier alpha value is -1.61. The number of piperidine rings is 1. The van der Waals surface area contributed by atoms with Gasteiger partial charge in [0.25, 0.3) is 0 Å². The fourth-order valence-electron chi connectivity index (χ4n) is 5.41. The summed E-state index contributed by atoms with van der Waals surface area (Å²) in [7, 11) is 2.15. The Balaban J connectivity index is 1.43. The Morgan fingerprint density at radius 3 is 2.44 bits per heavy atom. The van der Waals surface area contributed by atoms with Gasteiger partial charge < -0.3 is 10.2 Å². The van der Waals surface area contributed by atoms with Gasteiger partial charge in [-0.3, -0.25) is 0 Å². The van der Waals surface area contributed by atoms with Crippen LogP contribution in [0, 0.1) is 0 Å². The Morgan fingerprint density at radius 1 is 1.06 bits per heavy atom. The Labute approximate surface area is 219 Å². The van der Waals surface area contributed by atoms with Crippen molar-refractivity contribution in [3.05, 3.63) is 48.1 Å². The van der Waals surface area contributed by atoms with E-state index in [2.05, 4.69) is 124 Å². The molecule has 0 amide bonds. The van der Waals surface area contributed by atoms with Crippen LogP contribution >= 0.6 is 39.8 Å². The van der Waals surface area contributed by atoms with Gasteiger partial charge in [-0.15, -0.1) is 21.5 Å². The number of fused-ring (bicyclic) bond motifs is 1. The minimum atomic E-state index is 0.0915. The van der Waals surface area contributed by atoms with E-state index in [9.17, 15) is 0 Å². The van der Waals surface area contributed by atoms with E-state index in [4.69, 9.17) is 0 Å². The molecule has 0 bridgehead atoms. The van der Waals surface area contributed by atoms with E-state index in [0.29, 0.717) is 12.4 Å². The molecule has 0 radical (unpaired) electrons. The van der Waals surface area contributed by atoms with Gasteiger partial charge in [-0.05, 0) is 91.7 Å². The summed E-state index contributed by atoms with van der Waals surface area (Å²) in [4.78, 5) is 2.30. The van der Waals surface area contributed by atoms with E-state index in [1.165, 1.54) is 15.6 Å². The van der Waals surface area contributed by atoms with Gasteiger partial charge in [0.05, 0.1) is 18.3 Å². The summed E-state index contributed by atoms with van der Waals surface area (Å²) in [6.07, 6.45) is 6.81. The zero-order valence-corrected chi connectivity index (χ0v) is 24.1. The fourth-order valence-corrected chi connectivity index (χ4v) is 7.44. The molecular formula is C25H30IN6PS. The van der Waals surface area contributed by atoms with Crippen molar-refractivity contribution in [2.24, 2.45) is 0 Å². The van der Waals surface area contributed by atoms with Crippen molar-refractivity contribution >= 4 is 55.7 Å². The van der Waals surface area contributed by atoms with E-state index in [-0.39, 0.29) is 11.1 Å². The molecule has 0 saturated carbocycles. The third-order valence-corrected chi connectivity index (χ3v) is 9.45.